The van der Waals surface area contributed by atoms with Gasteiger partial charge in [-0.2, -0.15) is 0 Å². The molecule has 4 heteroatoms. The van der Waals surface area contributed by atoms with Crippen molar-refractivity contribution in [1.29, 1.82) is 0 Å². The highest BCUT2D eigenvalue weighted by atomic mass is 16.3. The summed E-state index contributed by atoms with van der Waals surface area (Å²) in [5.41, 5.74) is 14.6. The third-order valence-electron chi connectivity index (χ3n) is 11.5. The summed E-state index contributed by atoms with van der Waals surface area (Å²) in [7, 11) is 0. The van der Waals surface area contributed by atoms with E-state index in [0.29, 0.717) is 0 Å². The predicted molar refractivity (Wildman–Crippen MR) is 239 cm³/mol. The molecule has 0 unspecified atom stereocenters. The molecule has 58 heavy (non-hydrogen) atoms. The fraction of sp³-hybridized carbons (Fsp3) is 0. The molecule has 0 fully saturated rings. The van der Waals surface area contributed by atoms with Crippen LogP contribution in [0, 0.1) is 0 Å². The highest BCUT2D eigenvalue weighted by Crippen LogP contribution is 2.48. The average Bonchev–Trinajstić information content (AvgIpc) is 3.98. The lowest BCUT2D eigenvalue weighted by Crippen LogP contribution is -2.10. The minimum atomic E-state index is 0.809. The van der Waals surface area contributed by atoms with Gasteiger partial charge in [0, 0.05) is 55.5 Å². The highest BCUT2D eigenvalue weighted by Gasteiger charge is 2.24. The lowest BCUT2D eigenvalue weighted by molar-refractivity contribution is 0.668. The monoisotopic (exact) mass is 743 g/mol. The minimum Gasteiger partial charge on any atom is -0.456 e. The zero-order valence-corrected chi connectivity index (χ0v) is 31.2. The lowest BCUT2D eigenvalue weighted by Gasteiger charge is -2.26. The number of para-hydroxylation sites is 2. The molecule has 0 amide bonds. The summed E-state index contributed by atoms with van der Waals surface area (Å²) in [4.78, 5) is 2.33. The van der Waals surface area contributed by atoms with Gasteiger partial charge in [-0.15, -0.1) is 0 Å². The number of hydrogen-bond donors (Lipinski definition) is 0. The highest BCUT2D eigenvalue weighted by molar-refractivity contribution is 6.18. The normalized spacial score (nSPS) is 11.8. The Morgan fingerprint density at radius 2 is 0.862 bits per heavy atom. The van der Waals surface area contributed by atoms with Crippen LogP contribution in [-0.4, -0.2) is 0 Å². The van der Waals surface area contributed by atoms with Gasteiger partial charge in [0.15, 0.2) is 0 Å². The number of rotatable bonds is 6. The summed E-state index contributed by atoms with van der Waals surface area (Å²) in [5, 5.41) is 6.36. The summed E-state index contributed by atoms with van der Waals surface area (Å²) in [6.07, 6.45) is 0. The molecule has 0 atom stereocenters. The van der Waals surface area contributed by atoms with Crippen molar-refractivity contribution in [3.63, 3.8) is 0 Å². The van der Waals surface area contributed by atoms with E-state index < -0.39 is 0 Å². The molecule has 0 saturated heterocycles. The van der Waals surface area contributed by atoms with Crippen molar-refractivity contribution in [3.05, 3.63) is 200 Å². The maximum absolute atomic E-state index is 6.97. The van der Waals surface area contributed by atoms with Gasteiger partial charge < -0.3 is 18.2 Å². The first-order valence-electron chi connectivity index (χ1n) is 19.6. The smallest absolute Gasteiger partial charge is 0.145 e. The molecule has 3 heterocycles. The van der Waals surface area contributed by atoms with Crippen molar-refractivity contribution >= 4 is 82.9 Å². The average molecular weight is 744 g/mol. The van der Waals surface area contributed by atoms with Gasteiger partial charge >= 0.3 is 0 Å². The molecule has 12 aromatic rings. The van der Waals surface area contributed by atoms with Crippen LogP contribution < -0.4 is 4.90 Å². The molecule has 0 bridgehead atoms. The van der Waals surface area contributed by atoms with E-state index >= 15 is 0 Å². The second-order valence-electron chi connectivity index (χ2n) is 14.8. The van der Waals surface area contributed by atoms with E-state index in [4.69, 9.17) is 13.3 Å². The molecule has 12 rings (SSSR count). The minimum absolute atomic E-state index is 0.809. The van der Waals surface area contributed by atoms with Crippen LogP contribution in [0.25, 0.3) is 99.2 Å². The van der Waals surface area contributed by atoms with E-state index in [1.54, 1.807) is 0 Å². The van der Waals surface area contributed by atoms with Gasteiger partial charge in [-0.3, -0.25) is 0 Å². The zero-order valence-electron chi connectivity index (χ0n) is 31.2. The van der Waals surface area contributed by atoms with E-state index in [0.717, 1.165) is 116 Å². The fourth-order valence-electron chi connectivity index (χ4n) is 8.76. The van der Waals surface area contributed by atoms with Crippen molar-refractivity contribution in [3.8, 4) is 33.4 Å². The SMILES string of the molecule is c1ccc(-c2cc(-c3ccccc3)c3oc4cc(N(c5ccc6oc7ccccc7c6c5)c5ccc(-c6ccccc6)c6oc7ccccc7c56)ccc4c3c2)cc1. The van der Waals surface area contributed by atoms with Gasteiger partial charge in [-0.05, 0) is 89.0 Å². The molecule has 0 aliphatic rings. The molecule has 4 nitrogen and oxygen atoms in total. The molecule has 3 aromatic heterocycles. The Labute approximate surface area is 333 Å². The summed E-state index contributed by atoms with van der Waals surface area (Å²) in [6.45, 7) is 0. The zero-order chi connectivity index (χ0) is 38.2. The first-order chi connectivity index (χ1) is 28.7. The van der Waals surface area contributed by atoms with Crippen LogP contribution in [0.15, 0.2) is 213 Å². The van der Waals surface area contributed by atoms with E-state index in [9.17, 15) is 0 Å². The molecule has 9 aromatic carbocycles. The lowest BCUT2D eigenvalue weighted by atomic mass is 9.96. The molecule has 0 radical (unpaired) electrons. The van der Waals surface area contributed by atoms with Gasteiger partial charge in [0.05, 0.1) is 11.1 Å². The van der Waals surface area contributed by atoms with Gasteiger partial charge in [-0.25, -0.2) is 0 Å². The molecule has 0 saturated carbocycles. The summed E-state index contributed by atoms with van der Waals surface area (Å²) < 4.78 is 20.0. The second-order valence-corrected chi connectivity index (χ2v) is 14.8. The van der Waals surface area contributed by atoms with Crippen LogP contribution in [0.2, 0.25) is 0 Å². The number of benzene rings is 9. The largest absolute Gasteiger partial charge is 0.456 e. The molecule has 0 N–H and O–H groups in total. The van der Waals surface area contributed by atoms with Crippen LogP contribution in [0.1, 0.15) is 0 Å². The number of hydrogen-bond acceptors (Lipinski definition) is 4. The van der Waals surface area contributed by atoms with Crippen LogP contribution >= 0.6 is 0 Å². The molecule has 0 spiro atoms. The van der Waals surface area contributed by atoms with E-state index in [-0.39, 0.29) is 0 Å². The third-order valence-corrected chi connectivity index (χ3v) is 11.5. The number of nitrogens with zero attached hydrogens (tertiary/aromatic N) is 1. The first-order valence-corrected chi connectivity index (χ1v) is 19.6. The number of fused-ring (bicyclic) bond motifs is 9. The summed E-state index contributed by atoms with van der Waals surface area (Å²) in [6, 6.07) is 70.1. The van der Waals surface area contributed by atoms with Crippen molar-refractivity contribution in [1.82, 2.24) is 0 Å². The number of furan rings is 3. The molecular weight excluding hydrogens is 711 g/mol. The van der Waals surface area contributed by atoms with E-state index in [1.807, 2.05) is 24.3 Å². The molecule has 0 aliphatic heterocycles. The Bertz CT molecular complexity index is 3500. The van der Waals surface area contributed by atoms with Crippen molar-refractivity contribution in [2.24, 2.45) is 0 Å². The Kier molecular flexibility index (Phi) is 7.20. The molecule has 272 valence electrons. The summed E-state index contributed by atoms with van der Waals surface area (Å²) >= 11 is 0. The fourth-order valence-corrected chi connectivity index (χ4v) is 8.76. The number of anilines is 3. The van der Waals surface area contributed by atoms with Crippen LogP contribution in [-0.2, 0) is 0 Å². The Morgan fingerprint density at radius 3 is 1.62 bits per heavy atom. The maximum atomic E-state index is 6.97. The standard InChI is InChI=1S/C54H33NO3/c1-4-14-34(15-5-1)37-30-44(36-18-8-3-9-19-36)53-46(31-37)42-26-24-39(33-51(42)58-53)55(38-25-29-50-45(32-38)41-20-10-12-22-48(41)56-50)47-28-27-40(35-16-6-2-7-17-35)54-52(47)43-21-11-13-23-49(43)57-54/h1-33H. The van der Waals surface area contributed by atoms with E-state index in [2.05, 4.69) is 181 Å². The molecule has 0 aliphatic carbocycles. The van der Waals surface area contributed by atoms with Gasteiger partial charge in [0.1, 0.15) is 33.5 Å². The first kappa shape index (κ1) is 32.4. The maximum Gasteiger partial charge on any atom is 0.145 e. The van der Waals surface area contributed by atoms with Crippen molar-refractivity contribution in [2.75, 3.05) is 4.90 Å². The Balaban J connectivity index is 1.14. The van der Waals surface area contributed by atoms with E-state index in [1.165, 1.54) is 0 Å². The van der Waals surface area contributed by atoms with Gasteiger partial charge in [-0.1, -0.05) is 127 Å². The van der Waals surface area contributed by atoms with Crippen LogP contribution in [0.4, 0.5) is 17.1 Å². The quantitative estimate of drug-likeness (QED) is 0.170. The van der Waals surface area contributed by atoms with Crippen molar-refractivity contribution in [2.45, 2.75) is 0 Å². The van der Waals surface area contributed by atoms with Gasteiger partial charge in [0.2, 0.25) is 0 Å². The van der Waals surface area contributed by atoms with Gasteiger partial charge in [0.25, 0.3) is 0 Å². The Hall–Kier alpha value is -7.82. The second kappa shape index (κ2) is 12.9. The summed E-state index contributed by atoms with van der Waals surface area (Å²) in [5.74, 6) is 0. The van der Waals surface area contributed by atoms with Crippen molar-refractivity contribution < 1.29 is 13.3 Å². The topological polar surface area (TPSA) is 42.7 Å². The van der Waals surface area contributed by atoms with Crippen LogP contribution in [0.5, 0.6) is 0 Å². The Morgan fingerprint density at radius 1 is 0.293 bits per heavy atom. The van der Waals surface area contributed by atoms with Crippen LogP contribution in [0.3, 0.4) is 0 Å². The predicted octanol–water partition coefficient (Wildman–Crippen LogP) is 15.9. The molecular formula is C54H33NO3. The third kappa shape index (κ3) is 5.09.